The molecule has 0 aromatic heterocycles. The van der Waals surface area contributed by atoms with E-state index in [2.05, 4.69) is 0 Å². The van der Waals surface area contributed by atoms with Crippen molar-refractivity contribution in [3.05, 3.63) is 62.6 Å². The Bertz CT molecular complexity index is 753. The van der Waals surface area contributed by atoms with E-state index >= 15 is 0 Å². The summed E-state index contributed by atoms with van der Waals surface area (Å²) in [5.41, 5.74) is 1.41. The maximum Gasteiger partial charge on any atom is 0.299 e. The molecule has 106 valence electrons. The van der Waals surface area contributed by atoms with Gasteiger partial charge in [-0.25, -0.2) is 0 Å². The third-order valence-corrected chi connectivity index (χ3v) is 4.26. The number of carbonyl (C=O) groups excluding carboxylic acids is 2. The summed E-state index contributed by atoms with van der Waals surface area (Å²) >= 11 is 18.2. The highest BCUT2D eigenvalue weighted by Gasteiger charge is 2.36. The van der Waals surface area contributed by atoms with Gasteiger partial charge in [0.1, 0.15) is 0 Å². The highest BCUT2D eigenvalue weighted by atomic mass is 35.5. The minimum absolute atomic E-state index is 0.121. The van der Waals surface area contributed by atoms with Crippen molar-refractivity contribution in [1.29, 1.82) is 0 Å². The van der Waals surface area contributed by atoms with Gasteiger partial charge in [0.15, 0.2) is 0 Å². The zero-order valence-corrected chi connectivity index (χ0v) is 12.8. The van der Waals surface area contributed by atoms with Crippen molar-refractivity contribution in [1.82, 2.24) is 0 Å². The molecule has 0 spiro atoms. The molecule has 3 nitrogen and oxygen atoms in total. The van der Waals surface area contributed by atoms with Gasteiger partial charge in [-0.15, -0.1) is 0 Å². The average Bonchev–Trinajstić information content (AvgIpc) is 2.67. The summed E-state index contributed by atoms with van der Waals surface area (Å²) in [6, 6.07) is 9.80. The molecule has 1 aliphatic rings. The number of fused-ring (bicyclic) bond motifs is 1. The van der Waals surface area contributed by atoms with Crippen molar-refractivity contribution < 1.29 is 9.59 Å². The molecule has 0 fully saturated rings. The molecule has 0 aliphatic carbocycles. The van der Waals surface area contributed by atoms with Crippen molar-refractivity contribution >= 4 is 52.2 Å². The molecular formula is C15H8Cl3NO2. The van der Waals surface area contributed by atoms with Crippen LogP contribution in [-0.4, -0.2) is 11.7 Å². The first-order valence-corrected chi connectivity index (χ1v) is 7.21. The molecule has 0 atom stereocenters. The van der Waals surface area contributed by atoms with E-state index in [0.717, 1.165) is 0 Å². The summed E-state index contributed by atoms with van der Waals surface area (Å²) in [6.45, 7) is 0.121. The number of anilines is 1. The molecular weight excluding hydrogens is 333 g/mol. The van der Waals surface area contributed by atoms with Crippen LogP contribution in [0.2, 0.25) is 15.1 Å². The molecule has 2 aromatic rings. The van der Waals surface area contributed by atoms with Crippen LogP contribution >= 0.6 is 34.8 Å². The monoisotopic (exact) mass is 339 g/mol. The average molecular weight is 341 g/mol. The summed E-state index contributed by atoms with van der Waals surface area (Å²) in [5.74, 6) is -1.16. The molecule has 6 heteroatoms. The second-order valence-corrected chi connectivity index (χ2v) is 5.83. The lowest BCUT2D eigenvalue weighted by atomic mass is 10.1. The SMILES string of the molecule is O=C1C(=O)N(Cc2c(Cl)cccc2Cl)c2cc(Cl)ccc21. The predicted octanol–water partition coefficient (Wildman–Crippen LogP) is 4.38. The molecule has 3 rings (SSSR count). The molecule has 0 bridgehead atoms. The maximum atomic E-state index is 12.1. The van der Waals surface area contributed by atoms with E-state index in [4.69, 9.17) is 34.8 Å². The fourth-order valence-electron chi connectivity index (χ4n) is 2.27. The molecule has 1 amide bonds. The summed E-state index contributed by atoms with van der Waals surface area (Å²) in [5, 5.41) is 1.34. The highest BCUT2D eigenvalue weighted by Crippen LogP contribution is 2.35. The van der Waals surface area contributed by atoms with Crippen LogP contribution in [0.3, 0.4) is 0 Å². The standard InChI is InChI=1S/C15H8Cl3NO2/c16-8-4-5-9-13(6-8)19(15(21)14(9)20)7-10-11(17)2-1-3-12(10)18/h1-6H,7H2. The molecule has 21 heavy (non-hydrogen) atoms. The first-order valence-electron chi connectivity index (χ1n) is 6.07. The quantitative estimate of drug-likeness (QED) is 0.761. The number of hydrogen-bond acceptors (Lipinski definition) is 2. The Balaban J connectivity index is 2.06. The second kappa shape index (κ2) is 5.34. The first-order chi connectivity index (χ1) is 9.99. The van der Waals surface area contributed by atoms with Crippen LogP contribution in [0, 0.1) is 0 Å². The second-order valence-electron chi connectivity index (χ2n) is 4.58. The lowest BCUT2D eigenvalue weighted by Crippen LogP contribution is -2.29. The molecule has 0 saturated heterocycles. The van der Waals surface area contributed by atoms with Crippen molar-refractivity contribution in [2.75, 3.05) is 4.90 Å². The number of halogens is 3. The highest BCUT2D eigenvalue weighted by molar-refractivity contribution is 6.52. The number of carbonyl (C=O) groups is 2. The predicted molar refractivity (Wildman–Crippen MR) is 83.4 cm³/mol. The van der Waals surface area contributed by atoms with E-state index in [0.29, 0.717) is 31.9 Å². The number of Topliss-reactive ketones (excluding diaryl/α,β-unsaturated/α-hetero) is 1. The van der Waals surface area contributed by atoms with Crippen molar-refractivity contribution in [3.8, 4) is 0 Å². The summed E-state index contributed by atoms with van der Waals surface area (Å²) < 4.78 is 0. The molecule has 2 aromatic carbocycles. The minimum Gasteiger partial charge on any atom is -0.300 e. The molecule has 1 heterocycles. The Hall–Kier alpha value is -1.55. The van der Waals surface area contributed by atoms with Crippen LogP contribution in [0.1, 0.15) is 15.9 Å². The van der Waals surface area contributed by atoms with Gasteiger partial charge in [-0.2, -0.15) is 0 Å². The Labute approximate surface area is 136 Å². The fraction of sp³-hybridized carbons (Fsp3) is 0.0667. The Morgan fingerprint density at radius 3 is 2.29 bits per heavy atom. The number of benzene rings is 2. The first kappa shape index (κ1) is 14.4. The Morgan fingerprint density at radius 2 is 1.62 bits per heavy atom. The zero-order valence-electron chi connectivity index (χ0n) is 10.6. The van der Waals surface area contributed by atoms with Gasteiger partial charge in [0.2, 0.25) is 0 Å². The zero-order chi connectivity index (χ0) is 15.1. The van der Waals surface area contributed by atoms with E-state index in [1.807, 2.05) is 0 Å². The van der Waals surface area contributed by atoms with E-state index in [9.17, 15) is 9.59 Å². The van der Waals surface area contributed by atoms with Gasteiger partial charge >= 0.3 is 0 Å². The van der Waals surface area contributed by atoms with Gasteiger partial charge in [-0.05, 0) is 30.3 Å². The number of amides is 1. The van der Waals surface area contributed by atoms with Crippen LogP contribution in [0.5, 0.6) is 0 Å². The Kier molecular flexibility index (Phi) is 3.66. The van der Waals surface area contributed by atoms with Gasteiger partial charge in [0.25, 0.3) is 11.7 Å². The summed E-state index contributed by atoms with van der Waals surface area (Å²) in [7, 11) is 0. The van der Waals surface area contributed by atoms with Crippen molar-refractivity contribution in [2.45, 2.75) is 6.54 Å². The lowest BCUT2D eigenvalue weighted by Gasteiger charge is -2.18. The number of rotatable bonds is 2. The van der Waals surface area contributed by atoms with Crippen LogP contribution in [0.4, 0.5) is 5.69 Å². The number of ketones is 1. The largest absolute Gasteiger partial charge is 0.300 e. The van der Waals surface area contributed by atoms with Gasteiger partial charge in [-0.3, -0.25) is 9.59 Å². The van der Waals surface area contributed by atoms with Crippen LogP contribution < -0.4 is 4.90 Å². The number of nitrogens with zero attached hydrogens (tertiary/aromatic N) is 1. The smallest absolute Gasteiger partial charge is 0.299 e. The van der Waals surface area contributed by atoms with E-state index in [1.165, 1.54) is 4.90 Å². The molecule has 0 unspecified atom stereocenters. The fourth-order valence-corrected chi connectivity index (χ4v) is 2.95. The normalized spacial score (nSPS) is 13.8. The lowest BCUT2D eigenvalue weighted by molar-refractivity contribution is -0.114. The Morgan fingerprint density at radius 1 is 0.952 bits per heavy atom. The maximum absolute atomic E-state index is 12.1. The van der Waals surface area contributed by atoms with Gasteiger partial charge in [-0.1, -0.05) is 40.9 Å². The molecule has 1 aliphatic heterocycles. The minimum atomic E-state index is -0.608. The van der Waals surface area contributed by atoms with Crippen molar-refractivity contribution in [3.63, 3.8) is 0 Å². The summed E-state index contributed by atoms with van der Waals surface area (Å²) in [6.07, 6.45) is 0. The van der Waals surface area contributed by atoms with Gasteiger partial charge < -0.3 is 4.90 Å². The molecule has 0 N–H and O–H groups in total. The third kappa shape index (κ3) is 2.42. The number of hydrogen-bond donors (Lipinski definition) is 0. The van der Waals surface area contributed by atoms with Crippen molar-refractivity contribution in [2.24, 2.45) is 0 Å². The van der Waals surface area contributed by atoms with Crippen LogP contribution in [0.15, 0.2) is 36.4 Å². The molecule has 0 radical (unpaired) electrons. The van der Waals surface area contributed by atoms with Crippen LogP contribution in [-0.2, 0) is 11.3 Å². The van der Waals surface area contributed by atoms with E-state index < -0.39 is 11.7 Å². The van der Waals surface area contributed by atoms with Crippen LogP contribution in [0.25, 0.3) is 0 Å². The van der Waals surface area contributed by atoms with E-state index in [1.54, 1.807) is 36.4 Å². The molecule has 0 saturated carbocycles. The third-order valence-electron chi connectivity index (χ3n) is 3.31. The summed E-state index contributed by atoms with van der Waals surface area (Å²) in [4.78, 5) is 25.5. The topological polar surface area (TPSA) is 37.4 Å². The van der Waals surface area contributed by atoms with E-state index in [-0.39, 0.29) is 6.54 Å². The van der Waals surface area contributed by atoms with Gasteiger partial charge in [0, 0.05) is 20.6 Å². The van der Waals surface area contributed by atoms with Gasteiger partial charge in [0.05, 0.1) is 17.8 Å².